The molecular formula is C26H34N4O4S. The Balaban J connectivity index is 0.000000241. The molecule has 4 rings (SSSR count). The van der Waals surface area contributed by atoms with Crippen molar-refractivity contribution in [3.05, 3.63) is 58.6 Å². The molecule has 1 saturated heterocycles. The molecule has 8 nitrogen and oxygen atoms in total. The molecular weight excluding hydrogens is 464 g/mol. The maximum atomic E-state index is 12.2. The normalized spacial score (nSPS) is 18.7. The number of aldehydes is 1. The minimum atomic E-state index is -0.405. The Hall–Kier alpha value is -2.88. The second-order valence-electron chi connectivity index (χ2n) is 9.30. The van der Waals surface area contributed by atoms with Crippen molar-refractivity contribution in [2.45, 2.75) is 58.7 Å². The Bertz CT molecular complexity index is 1110. The monoisotopic (exact) mass is 498 g/mol. The zero-order valence-electron chi connectivity index (χ0n) is 20.9. The molecule has 9 heteroatoms. The number of carbonyl (C=O) groups excluding carboxylic acids is 2. The van der Waals surface area contributed by atoms with Crippen LogP contribution in [-0.2, 0) is 16.1 Å². The molecule has 1 amide bonds. The number of aromatic nitrogens is 2. The van der Waals surface area contributed by atoms with Gasteiger partial charge >= 0.3 is 0 Å². The fraction of sp³-hybridized carbons (Fsp3) is 0.462. The van der Waals surface area contributed by atoms with Crippen LogP contribution in [0.25, 0.3) is 10.4 Å². The highest BCUT2D eigenvalue weighted by atomic mass is 32.1. The smallest absolute Gasteiger partial charge is 0.237 e. The van der Waals surface area contributed by atoms with Gasteiger partial charge in [-0.15, -0.1) is 11.3 Å². The Labute approximate surface area is 210 Å². The van der Waals surface area contributed by atoms with Crippen molar-refractivity contribution in [1.82, 2.24) is 20.4 Å². The van der Waals surface area contributed by atoms with E-state index in [1.165, 1.54) is 4.88 Å². The molecule has 3 heterocycles. The largest absolute Gasteiger partial charge is 0.392 e. The van der Waals surface area contributed by atoms with Gasteiger partial charge in [-0.25, -0.2) is 4.98 Å². The molecule has 1 aromatic carbocycles. The molecule has 1 aliphatic heterocycles. The van der Waals surface area contributed by atoms with Gasteiger partial charge in [0.05, 0.1) is 39.8 Å². The van der Waals surface area contributed by atoms with Crippen LogP contribution >= 0.6 is 11.3 Å². The fourth-order valence-electron chi connectivity index (χ4n) is 4.03. The number of aliphatic hydroxyl groups excluding tert-OH is 1. The minimum Gasteiger partial charge on any atom is -0.392 e. The molecule has 2 N–H and O–H groups in total. The third-order valence-electron chi connectivity index (χ3n) is 6.10. The van der Waals surface area contributed by atoms with Crippen LogP contribution in [0.2, 0.25) is 0 Å². The number of aryl methyl sites for hydroxylation is 2. The number of thiazole rings is 1. The Morgan fingerprint density at radius 3 is 2.51 bits per heavy atom. The molecule has 1 fully saturated rings. The summed E-state index contributed by atoms with van der Waals surface area (Å²) in [6.07, 6.45) is 1.01. The molecule has 0 aliphatic carbocycles. The van der Waals surface area contributed by atoms with Gasteiger partial charge < -0.3 is 19.7 Å². The average molecular weight is 499 g/mol. The van der Waals surface area contributed by atoms with E-state index < -0.39 is 6.10 Å². The number of rotatable bonds is 7. The zero-order chi connectivity index (χ0) is 25.5. The second kappa shape index (κ2) is 12.2. The van der Waals surface area contributed by atoms with Crippen molar-refractivity contribution >= 4 is 23.5 Å². The van der Waals surface area contributed by atoms with Crippen LogP contribution in [0.15, 0.2) is 40.4 Å². The van der Waals surface area contributed by atoms with E-state index in [4.69, 9.17) is 4.52 Å². The fourth-order valence-corrected chi connectivity index (χ4v) is 4.84. The number of nitrogens with one attached hydrogen (secondary N) is 1. The molecule has 0 radical (unpaired) electrons. The number of nitrogens with zero attached hydrogens (tertiary/aromatic N) is 3. The summed E-state index contributed by atoms with van der Waals surface area (Å²) in [5, 5.41) is 16.3. The van der Waals surface area contributed by atoms with Crippen LogP contribution in [0.1, 0.15) is 48.9 Å². The van der Waals surface area contributed by atoms with E-state index in [0.29, 0.717) is 25.3 Å². The molecule has 0 bridgehead atoms. The van der Waals surface area contributed by atoms with Crippen LogP contribution in [0.4, 0.5) is 0 Å². The lowest BCUT2D eigenvalue weighted by atomic mass is 9.95. The molecule has 35 heavy (non-hydrogen) atoms. The first-order valence-electron chi connectivity index (χ1n) is 11.7. The minimum absolute atomic E-state index is 0.0218. The lowest BCUT2D eigenvalue weighted by molar-refractivity contribution is -0.125. The number of hydrogen-bond acceptors (Lipinski definition) is 8. The molecule has 1 aliphatic rings. The number of likely N-dealkylation sites (N-methyl/N-ethyl adjacent to an activating group) is 1. The summed E-state index contributed by atoms with van der Waals surface area (Å²) in [6, 6.07) is 9.76. The average Bonchev–Trinajstić information content (AvgIpc) is 3.53. The van der Waals surface area contributed by atoms with Gasteiger partial charge in [-0.3, -0.25) is 9.69 Å². The van der Waals surface area contributed by atoms with Crippen LogP contribution in [0.3, 0.4) is 0 Å². The maximum absolute atomic E-state index is 12.2. The lowest BCUT2D eigenvalue weighted by Crippen LogP contribution is -2.41. The summed E-state index contributed by atoms with van der Waals surface area (Å²) in [4.78, 5) is 30.2. The Morgan fingerprint density at radius 2 is 2.03 bits per heavy atom. The number of aliphatic hydroxyl groups is 1. The van der Waals surface area contributed by atoms with E-state index in [2.05, 4.69) is 27.6 Å². The van der Waals surface area contributed by atoms with Gasteiger partial charge in [-0.2, -0.15) is 0 Å². The van der Waals surface area contributed by atoms with E-state index in [-0.39, 0.29) is 23.8 Å². The summed E-state index contributed by atoms with van der Waals surface area (Å²) < 4.78 is 5.00. The predicted octanol–water partition coefficient (Wildman–Crippen LogP) is 3.72. The maximum Gasteiger partial charge on any atom is 0.237 e. The number of amides is 1. The molecule has 0 saturated carbocycles. The standard InChI is InChI=1S/C17H21N3O2S.C9H13NO2/c1-11-16(23-10-19-11)13-5-3-12(4-6-13)8-18-17(22)15-7-14(21)9-20(15)2;1-6(2)8(5-11)9-4-7(3)10-12-9/h3-6,10,14-15,21H,7-9H2,1-2H3,(H,18,22);4-6,8H,1-3H3. The van der Waals surface area contributed by atoms with Gasteiger partial charge in [0.1, 0.15) is 12.0 Å². The third-order valence-corrected chi connectivity index (χ3v) is 7.07. The van der Waals surface area contributed by atoms with E-state index in [1.807, 2.05) is 57.3 Å². The van der Waals surface area contributed by atoms with E-state index in [1.54, 1.807) is 17.4 Å². The van der Waals surface area contributed by atoms with Crippen molar-refractivity contribution < 1.29 is 19.2 Å². The number of hydrogen-bond donors (Lipinski definition) is 2. The third kappa shape index (κ3) is 7.06. The molecule has 3 atom stereocenters. The quantitative estimate of drug-likeness (QED) is 0.478. The number of likely N-dealkylation sites (tertiary alicyclic amines) is 1. The van der Waals surface area contributed by atoms with Gasteiger partial charge in [0.25, 0.3) is 0 Å². The van der Waals surface area contributed by atoms with Crippen molar-refractivity contribution in [3.63, 3.8) is 0 Å². The number of β-amino-alcohol motifs (C(OH)–C–C–N with tert-alkyl or cyclic N) is 1. The highest BCUT2D eigenvalue weighted by molar-refractivity contribution is 7.13. The molecule has 188 valence electrons. The Morgan fingerprint density at radius 1 is 1.31 bits per heavy atom. The summed E-state index contributed by atoms with van der Waals surface area (Å²) in [6.45, 7) is 8.87. The van der Waals surface area contributed by atoms with E-state index in [0.717, 1.165) is 28.8 Å². The van der Waals surface area contributed by atoms with Gasteiger partial charge in [-0.1, -0.05) is 43.3 Å². The zero-order valence-corrected chi connectivity index (χ0v) is 21.7. The van der Waals surface area contributed by atoms with Crippen LogP contribution in [-0.4, -0.2) is 58.1 Å². The van der Waals surface area contributed by atoms with E-state index >= 15 is 0 Å². The first-order valence-corrected chi connectivity index (χ1v) is 12.6. The van der Waals surface area contributed by atoms with Crippen LogP contribution in [0.5, 0.6) is 0 Å². The van der Waals surface area contributed by atoms with Crippen LogP contribution < -0.4 is 5.32 Å². The first kappa shape index (κ1) is 26.7. The van der Waals surface area contributed by atoms with Gasteiger partial charge in [0.15, 0.2) is 0 Å². The first-order chi connectivity index (χ1) is 16.7. The second-order valence-corrected chi connectivity index (χ2v) is 10.2. The topological polar surface area (TPSA) is 109 Å². The van der Waals surface area contributed by atoms with Crippen molar-refractivity contribution in [2.75, 3.05) is 13.6 Å². The van der Waals surface area contributed by atoms with Crippen molar-refractivity contribution in [1.29, 1.82) is 0 Å². The van der Waals surface area contributed by atoms with Gasteiger partial charge in [-0.05, 0) is 44.4 Å². The highest BCUT2D eigenvalue weighted by Crippen LogP contribution is 2.27. The summed E-state index contributed by atoms with van der Waals surface area (Å²) in [5.74, 6) is 0.741. The molecule has 3 aromatic rings. The van der Waals surface area contributed by atoms with Gasteiger partial charge in [0, 0.05) is 19.2 Å². The highest BCUT2D eigenvalue weighted by Gasteiger charge is 2.33. The summed E-state index contributed by atoms with van der Waals surface area (Å²) >= 11 is 1.63. The summed E-state index contributed by atoms with van der Waals surface area (Å²) in [7, 11) is 1.87. The molecule has 3 unspecified atom stereocenters. The molecule has 2 aromatic heterocycles. The number of carbonyl (C=O) groups is 2. The number of benzene rings is 1. The SMILES string of the molecule is Cc1cc(C(C=O)C(C)C)on1.Cc1ncsc1-c1ccc(CNC(=O)C2CC(O)CN2C)cc1. The predicted molar refractivity (Wildman–Crippen MR) is 136 cm³/mol. The lowest BCUT2D eigenvalue weighted by Gasteiger charge is -2.18. The van der Waals surface area contributed by atoms with E-state index in [9.17, 15) is 14.7 Å². The van der Waals surface area contributed by atoms with Gasteiger partial charge in [0.2, 0.25) is 5.91 Å². The van der Waals surface area contributed by atoms with Crippen LogP contribution in [0, 0.1) is 19.8 Å². The van der Waals surface area contributed by atoms with Crippen molar-refractivity contribution in [2.24, 2.45) is 5.92 Å². The van der Waals surface area contributed by atoms with Crippen molar-refractivity contribution in [3.8, 4) is 10.4 Å². The molecule has 0 spiro atoms. The summed E-state index contributed by atoms with van der Waals surface area (Å²) in [5.41, 5.74) is 5.92. The Kier molecular flexibility index (Phi) is 9.31.